The van der Waals surface area contributed by atoms with Crippen LogP contribution in [0.1, 0.15) is 22.8 Å². The van der Waals surface area contributed by atoms with E-state index in [2.05, 4.69) is 40.6 Å². The monoisotopic (exact) mass is 866 g/mol. The van der Waals surface area contributed by atoms with Gasteiger partial charge in [-0.1, -0.05) is 123 Å². The highest BCUT2D eigenvalue weighted by atomic mass is 79.9. The molecule has 272 valence electrons. The first-order valence-electron chi connectivity index (χ1n) is 16.0. The zero-order chi connectivity index (χ0) is 38.2. The van der Waals surface area contributed by atoms with E-state index in [-0.39, 0.29) is 5.75 Å². The quantitative estimate of drug-likeness (QED) is 0.160. The molecule has 0 saturated carbocycles. The summed E-state index contributed by atoms with van der Waals surface area (Å²) in [6.45, 7) is 0. The second kappa shape index (κ2) is 17.6. The lowest BCUT2D eigenvalue weighted by Crippen LogP contribution is -2.17. The van der Waals surface area contributed by atoms with Gasteiger partial charge in [0.25, 0.3) is 0 Å². The zero-order valence-corrected chi connectivity index (χ0v) is 32.3. The summed E-state index contributed by atoms with van der Waals surface area (Å²) in [5.74, 6) is 1.16. The molecule has 2 aromatic heterocycles. The summed E-state index contributed by atoms with van der Waals surface area (Å²) in [4.78, 5) is 15.3. The first-order chi connectivity index (χ1) is 25.9. The molecule has 7 aromatic rings. The van der Waals surface area contributed by atoms with Crippen molar-refractivity contribution in [2.24, 2.45) is 0 Å². The van der Waals surface area contributed by atoms with Crippen LogP contribution in [0.5, 0.6) is 5.75 Å². The van der Waals surface area contributed by atoms with Gasteiger partial charge in [0.15, 0.2) is 0 Å². The lowest BCUT2D eigenvalue weighted by Gasteiger charge is -2.10. The Bertz CT molecular complexity index is 2430. The van der Waals surface area contributed by atoms with Crippen LogP contribution >= 0.6 is 62.3 Å². The van der Waals surface area contributed by atoms with Crippen LogP contribution in [0.3, 0.4) is 0 Å². The number of aromatic amines is 2. The van der Waals surface area contributed by atoms with Crippen LogP contribution in [0.4, 0.5) is 13.2 Å². The molecule has 13 heteroatoms. The Morgan fingerprint density at radius 1 is 0.574 bits per heavy atom. The van der Waals surface area contributed by atoms with E-state index in [9.17, 15) is 13.2 Å². The number of alkyl halides is 3. The van der Waals surface area contributed by atoms with Gasteiger partial charge in [-0.3, -0.25) is 0 Å². The van der Waals surface area contributed by atoms with Crippen LogP contribution in [-0.4, -0.2) is 26.3 Å². The van der Waals surface area contributed by atoms with Gasteiger partial charge in [-0.15, -0.1) is 13.2 Å². The third-order valence-electron chi connectivity index (χ3n) is 7.66. The van der Waals surface area contributed by atoms with E-state index in [1.807, 2.05) is 91.2 Å². The Morgan fingerprint density at radius 2 is 1.07 bits per heavy atom. The summed E-state index contributed by atoms with van der Waals surface area (Å²) >= 11 is 27.7. The lowest BCUT2D eigenvalue weighted by atomic mass is 10.0. The SMILES string of the molecule is Clc1ccc(-c2c[nH]c(C=Cc3ccc(Br)cc3)n2)c(Cl)c1.FC(F)(F)Oc1cccc(-c2ccc(C=Cc3nc(-c4ccc(Cl)cc4Cl)c[nH]3)cc2)c1. The van der Waals surface area contributed by atoms with E-state index in [4.69, 9.17) is 46.4 Å². The molecule has 0 amide bonds. The summed E-state index contributed by atoms with van der Waals surface area (Å²) in [6.07, 6.45) is 6.48. The van der Waals surface area contributed by atoms with Crippen molar-refractivity contribution in [1.29, 1.82) is 0 Å². The first kappa shape index (κ1) is 38.9. The number of H-pyrrole nitrogens is 2. The standard InChI is InChI=1S/C24H15Cl2F3N2O.C17H11BrCl2N2/c25-18-9-10-20(21(26)13-18)22-14-30-23(31-22)11-6-15-4-7-16(8-5-15)17-2-1-3-19(12-17)32-24(27,28)29;18-12-4-1-11(2-5-12)3-8-17-21-10-16(22-17)14-7-6-13(19)9-15(14)20/h1-14H,(H,30,31);1-10H,(H,21,22). The van der Waals surface area contributed by atoms with Gasteiger partial charge >= 0.3 is 6.36 Å². The van der Waals surface area contributed by atoms with Crippen LogP contribution in [0.25, 0.3) is 57.9 Å². The van der Waals surface area contributed by atoms with Crippen LogP contribution in [0.2, 0.25) is 20.1 Å². The maximum Gasteiger partial charge on any atom is 0.573 e. The van der Waals surface area contributed by atoms with Crippen molar-refractivity contribution in [3.05, 3.63) is 169 Å². The van der Waals surface area contributed by atoms with Gasteiger partial charge in [0, 0.05) is 38.0 Å². The molecule has 7 rings (SSSR count). The van der Waals surface area contributed by atoms with E-state index >= 15 is 0 Å². The first-order valence-corrected chi connectivity index (χ1v) is 18.3. The molecule has 0 fully saturated rings. The van der Waals surface area contributed by atoms with Gasteiger partial charge in [0.05, 0.1) is 21.4 Å². The molecule has 0 radical (unpaired) electrons. The summed E-state index contributed by atoms with van der Waals surface area (Å²) in [5, 5.41) is 2.26. The molecule has 5 nitrogen and oxygen atoms in total. The summed E-state index contributed by atoms with van der Waals surface area (Å²) in [6, 6.07) is 31.9. The van der Waals surface area contributed by atoms with Crippen molar-refractivity contribution < 1.29 is 17.9 Å². The van der Waals surface area contributed by atoms with Crippen molar-refractivity contribution in [2.45, 2.75) is 6.36 Å². The molecule has 0 spiro atoms. The summed E-state index contributed by atoms with van der Waals surface area (Å²) in [5.41, 5.74) is 6.51. The smallest absolute Gasteiger partial charge is 0.406 e. The molecule has 0 aliphatic rings. The number of benzene rings is 5. The largest absolute Gasteiger partial charge is 0.573 e. The fraction of sp³-hybridized carbons (Fsp3) is 0.0244. The Labute approximate surface area is 337 Å². The van der Waals surface area contributed by atoms with Crippen molar-refractivity contribution >= 4 is 86.6 Å². The normalized spacial score (nSPS) is 11.6. The number of imidazole rings is 2. The Morgan fingerprint density at radius 3 is 1.56 bits per heavy atom. The fourth-order valence-electron chi connectivity index (χ4n) is 5.10. The van der Waals surface area contributed by atoms with Gasteiger partial charge < -0.3 is 14.7 Å². The fourth-order valence-corrected chi connectivity index (χ4v) is 6.37. The molecule has 0 bridgehead atoms. The van der Waals surface area contributed by atoms with Crippen LogP contribution < -0.4 is 4.74 Å². The second-order valence-corrected chi connectivity index (χ2v) is 14.1. The third-order valence-corrected chi connectivity index (χ3v) is 9.28. The van der Waals surface area contributed by atoms with Gasteiger partial charge in [0.2, 0.25) is 0 Å². The molecule has 0 aliphatic carbocycles. The van der Waals surface area contributed by atoms with Crippen molar-refractivity contribution in [3.8, 4) is 39.4 Å². The molecule has 0 unspecified atom stereocenters. The van der Waals surface area contributed by atoms with Crippen LogP contribution in [0, 0.1) is 0 Å². The Balaban J connectivity index is 0.000000197. The van der Waals surface area contributed by atoms with Crippen molar-refractivity contribution in [1.82, 2.24) is 19.9 Å². The maximum absolute atomic E-state index is 12.4. The molecule has 0 aliphatic heterocycles. The van der Waals surface area contributed by atoms with Crippen molar-refractivity contribution in [3.63, 3.8) is 0 Å². The van der Waals surface area contributed by atoms with Crippen LogP contribution in [-0.2, 0) is 0 Å². The van der Waals surface area contributed by atoms with E-state index in [1.165, 1.54) is 18.2 Å². The minimum atomic E-state index is -4.72. The van der Waals surface area contributed by atoms with E-state index in [0.717, 1.165) is 43.8 Å². The Hall–Kier alpha value is -4.77. The predicted molar refractivity (Wildman–Crippen MR) is 219 cm³/mol. The average Bonchev–Trinajstić information content (AvgIpc) is 3.81. The maximum atomic E-state index is 12.4. The van der Waals surface area contributed by atoms with Gasteiger partial charge in [-0.25, -0.2) is 9.97 Å². The van der Waals surface area contributed by atoms with Crippen molar-refractivity contribution in [2.75, 3.05) is 0 Å². The van der Waals surface area contributed by atoms with E-state index in [0.29, 0.717) is 37.2 Å². The number of nitrogens with zero attached hydrogens (tertiary/aromatic N) is 2. The van der Waals surface area contributed by atoms with Gasteiger partial charge in [0.1, 0.15) is 17.4 Å². The Kier molecular flexibility index (Phi) is 12.7. The highest BCUT2D eigenvalue weighted by Crippen LogP contribution is 2.31. The molecule has 2 N–H and O–H groups in total. The minimum absolute atomic E-state index is 0.256. The van der Waals surface area contributed by atoms with Gasteiger partial charge in [-0.2, -0.15) is 0 Å². The van der Waals surface area contributed by atoms with E-state index < -0.39 is 6.36 Å². The zero-order valence-electron chi connectivity index (χ0n) is 27.7. The molecular weight excluding hydrogens is 843 g/mol. The third kappa shape index (κ3) is 10.9. The van der Waals surface area contributed by atoms with Gasteiger partial charge in [-0.05, 0) is 95.1 Å². The predicted octanol–water partition coefficient (Wildman–Crippen LogP) is 14.4. The topological polar surface area (TPSA) is 66.6 Å². The average molecular weight is 869 g/mol. The molecule has 54 heavy (non-hydrogen) atoms. The second-order valence-electron chi connectivity index (χ2n) is 11.5. The molecule has 0 saturated heterocycles. The summed E-state index contributed by atoms with van der Waals surface area (Å²) < 4.78 is 42.4. The number of rotatable bonds is 8. The number of ether oxygens (including phenoxy) is 1. The van der Waals surface area contributed by atoms with Crippen LogP contribution in [0.15, 0.2) is 126 Å². The lowest BCUT2D eigenvalue weighted by molar-refractivity contribution is -0.274. The number of hydrogen-bond acceptors (Lipinski definition) is 3. The number of hydrogen-bond donors (Lipinski definition) is 2. The number of nitrogens with one attached hydrogen (secondary N) is 2. The minimum Gasteiger partial charge on any atom is -0.406 e. The highest BCUT2D eigenvalue weighted by molar-refractivity contribution is 9.10. The van der Waals surface area contributed by atoms with E-state index in [1.54, 1.807) is 36.5 Å². The molecular formula is C41H26BrCl4F3N4O. The highest BCUT2D eigenvalue weighted by Gasteiger charge is 2.31. The number of halogens is 8. The summed E-state index contributed by atoms with van der Waals surface area (Å²) in [7, 11) is 0. The number of aromatic nitrogens is 4. The molecule has 2 heterocycles. The molecule has 5 aromatic carbocycles. The molecule has 0 atom stereocenters.